The minimum absolute atomic E-state index is 0.166. The number of likely N-dealkylation sites (tertiary alicyclic amines) is 1. The molecule has 2 aromatic rings. The molecule has 0 bridgehead atoms. The number of benzene rings is 2. The van der Waals surface area contributed by atoms with E-state index in [0.717, 1.165) is 18.4 Å². The van der Waals surface area contributed by atoms with E-state index in [1.54, 1.807) is 48.0 Å². The van der Waals surface area contributed by atoms with Crippen LogP contribution in [0.5, 0.6) is 0 Å². The second-order valence-corrected chi connectivity index (χ2v) is 8.25. The fraction of sp³-hybridized carbons (Fsp3) is 0.400. The Morgan fingerprint density at radius 2 is 1.58 bits per heavy atom. The lowest BCUT2D eigenvalue weighted by molar-refractivity contribution is -0.141. The van der Waals surface area contributed by atoms with Gasteiger partial charge in [-0.3, -0.25) is 9.59 Å². The van der Waals surface area contributed by atoms with Crippen molar-refractivity contribution in [3.8, 4) is 0 Å². The maximum Gasteiger partial charge on any atom is 0.339 e. The van der Waals surface area contributed by atoms with Crippen molar-refractivity contribution in [2.45, 2.75) is 39.3 Å². The van der Waals surface area contributed by atoms with Crippen LogP contribution in [-0.4, -0.2) is 53.8 Å². The van der Waals surface area contributed by atoms with Gasteiger partial charge in [-0.15, -0.1) is 0 Å². The lowest BCUT2D eigenvalue weighted by Crippen LogP contribution is -2.44. The zero-order chi connectivity index (χ0) is 22.4. The number of carbonyl (C=O) groups is 3. The lowest BCUT2D eigenvalue weighted by atomic mass is 9.99. The van der Waals surface area contributed by atoms with E-state index in [1.165, 1.54) is 0 Å². The second kappa shape index (κ2) is 10.2. The summed E-state index contributed by atoms with van der Waals surface area (Å²) in [6, 6.07) is 16.2. The van der Waals surface area contributed by atoms with E-state index < -0.39 is 12.1 Å². The summed E-state index contributed by atoms with van der Waals surface area (Å²) < 4.78 is 5.47. The molecule has 2 aromatic carbocycles. The van der Waals surface area contributed by atoms with Gasteiger partial charge in [0.2, 0.25) is 0 Å². The van der Waals surface area contributed by atoms with E-state index in [2.05, 4.69) is 6.92 Å². The predicted octanol–water partition coefficient (Wildman–Crippen LogP) is 3.76. The summed E-state index contributed by atoms with van der Waals surface area (Å²) in [5, 5.41) is 0. The molecular weight excluding hydrogens is 392 g/mol. The van der Waals surface area contributed by atoms with E-state index >= 15 is 0 Å². The smallest absolute Gasteiger partial charge is 0.339 e. The van der Waals surface area contributed by atoms with E-state index in [9.17, 15) is 14.4 Å². The molecule has 6 nitrogen and oxygen atoms in total. The first-order valence-corrected chi connectivity index (χ1v) is 10.7. The Bertz CT molecular complexity index is 920. The van der Waals surface area contributed by atoms with E-state index in [0.29, 0.717) is 25.6 Å². The maximum absolute atomic E-state index is 13.0. The number of rotatable bonds is 6. The van der Waals surface area contributed by atoms with Crippen LogP contribution in [0.15, 0.2) is 54.6 Å². The number of esters is 1. The summed E-state index contributed by atoms with van der Waals surface area (Å²) >= 11 is 0. The van der Waals surface area contributed by atoms with Crippen molar-refractivity contribution in [1.29, 1.82) is 0 Å². The normalized spacial score (nSPS) is 15.3. The van der Waals surface area contributed by atoms with Crippen molar-refractivity contribution < 1.29 is 19.1 Å². The topological polar surface area (TPSA) is 66.9 Å². The van der Waals surface area contributed by atoms with Gasteiger partial charge in [0.05, 0.1) is 11.1 Å². The number of ether oxygens (including phenoxy) is 1. The number of hydrogen-bond donors (Lipinski definition) is 0. The first-order valence-electron chi connectivity index (χ1n) is 10.7. The van der Waals surface area contributed by atoms with Gasteiger partial charge < -0.3 is 14.5 Å². The fourth-order valence-corrected chi connectivity index (χ4v) is 3.74. The molecule has 1 atom stereocenters. The molecule has 0 aliphatic carbocycles. The molecule has 0 spiro atoms. The third kappa shape index (κ3) is 5.72. The highest BCUT2D eigenvalue weighted by atomic mass is 16.5. The molecular formula is C25H30N2O4. The van der Waals surface area contributed by atoms with Gasteiger partial charge in [-0.2, -0.15) is 0 Å². The summed E-state index contributed by atoms with van der Waals surface area (Å²) in [5.74, 6) is -0.526. The molecule has 0 N–H and O–H groups in total. The Hall–Kier alpha value is -3.15. The van der Waals surface area contributed by atoms with E-state index in [4.69, 9.17) is 4.74 Å². The molecule has 0 radical (unpaired) electrons. The standard InChI is InChI=1S/C25H30N2O4/c1-18-13-15-27(16-14-18)23(28)19(2)31-25(30)22-12-8-7-11-21(22)24(29)26(3)17-20-9-5-4-6-10-20/h4-12,18-19H,13-17H2,1-3H3/t19-/m1/s1. The second-order valence-electron chi connectivity index (χ2n) is 8.25. The van der Waals surface area contributed by atoms with Crippen LogP contribution in [0.25, 0.3) is 0 Å². The highest BCUT2D eigenvalue weighted by molar-refractivity contribution is 6.05. The molecule has 2 amide bonds. The predicted molar refractivity (Wildman–Crippen MR) is 119 cm³/mol. The molecule has 1 aliphatic heterocycles. The van der Waals surface area contributed by atoms with Crippen molar-refractivity contribution in [1.82, 2.24) is 9.80 Å². The van der Waals surface area contributed by atoms with Crippen LogP contribution in [0, 0.1) is 5.92 Å². The molecule has 164 valence electrons. The van der Waals surface area contributed by atoms with Crippen LogP contribution in [0.3, 0.4) is 0 Å². The zero-order valence-corrected chi connectivity index (χ0v) is 18.4. The average Bonchev–Trinajstić information content (AvgIpc) is 2.79. The summed E-state index contributed by atoms with van der Waals surface area (Å²) in [6.45, 7) is 5.55. The SMILES string of the molecule is CC1CCN(C(=O)[C@@H](C)OC(=O)c2ccccc2C(=O)N(C)Cc2ccccc2)CC1. The highest BCUT2D eigenvalue weighted by Crippen LogP contribution is 2.19. The van der Waals surface area contributed by atoms with Crippen LogP contribution in [-0.2, 0) is 16.1 Å². The molecule has 0 saturated carbocycles. The summed E-state index contributed by atoms with van der Waals surface area (Å²) in [5.41, 5.74) is 1.42. The molecule has 0 aromatic heterocycles. The molecule has 31 heavy (non-hydrogen) atoms. The molecule has 0 unspecified atom stereocenters. The van der Waals surface area contributed by atoms with Crippen LogP contribution < -0.4 is 0 Å². The molecule has 6 heteroatoms. The van der Waals surface area contributed by atoms with Crippen LogP contribution in [0.4, 0.5) is 0 Å². The highest BCUT2D eigenvalue weighted by Gasteiger charge is 2.28. The Morgan fingerprint density at radius 1 is 1.00 bits per heavy atom. The van der Waals surface area contributed by atoms with Crippen molar-refractivity contribution in [2.24, 2.45) is 5.92 Å². The quantitative estimate of drug-likeness (QED) is 0.665. The minimum Gasteiger partial charge on any atom is -0.449 e. The third-order valence-corrected chi connectivity index (χ3v) is 5.71. The van der Waals surface area contributed by atoms with Gasteiger partial charge in [0.1, 0.15) is 0 Å². The van der Waals surface area contributed by atoms with E-state index in [1.807, 2.05) is 30.3 Å². The number of hydrogen-bond acceptors (Lipinski definition) is 4. The van der Waals surface area contributed by atoms with Gasteiger partial charge in [-0.25, -0.2) is 4.79 Å². The largest absolute Gasteiger partial charge is 0.449 e. The first kappa shape index (κ1) is 22.5. The Balaban J connectivity index is 1.68. The van der Waals surface area contributed by atoms with Crippen LogP contribution >= 0.6 is 0 Å². The Labute approximate surface area is 183 Å². The van der Waals surface area contributed by atoms with Crippen LogP contribution in [0.2, 0.25) is 0 Å². The van der Waals surface area contributed by atoms with Crippen molar-refractivity contribution in [3.05, 3.63) is 71.3 Å². The summed E-state index contributed by atoms with van der Waals surface area (Å²) in [7, 11) is 1.70. The maximum atomic E-state index is 13.0. The molecule has 1 aliphatic rings. The monoisotopic (exact) mass is 422 g/mol. The molecule has 1 heterocycles. The van der Waals surface area contributed by atoms with Crippen LogP contribution in [0.1, 0.15) is 53.0 Å². The third-order valence-electron chi connectivity index (χ3n) is 5.71. The summed E-state index contributed by atoms with van der Waals surface area (Å²) in [4.78, 5) is 41.8. The van der Waals surface area contributed by atoms with Gasteiger partial charge in [0, 0.05) is 26.7 Å². The zero-order valence-electron chi connectivity index (χ0n) is 18.4. The summed E-state index contributed by atoms with van der Waals surface area (Å²) in [6.07, 6.45) is 1.01. The van der Waals surface area contributed by atoms with Crippen molar-refractivity contribution >= 4 is 17.8 Å². The fourth-order valence-electron chi connectivity index (χ4n) is 3.74. The van der Waals surface area contributed by atoms with Gasteiger partial charge in [-0.05, 0) is 43.4 Å². The Kier molecular flexibility index (Phi) is 7.45. The van der Waals surface area contributed by atoms with Crippen molar-refractivity contribution in [2.75, 3.05) is 20.1 Å². The molecule has 1 fully saturated rings. The number of carbonyl (C=O) groups excluding carboxylic acids is 3. The Morgan fingerprint density at radius 3 is 2.23 bits per heavy atom. The van der Waals surface area contributed by atoms with Gasteiger partial charge in [0.25, 0.3) is 11.8 Å². The van der Waals surface area contributed by atoms with Gasteiger partial charge in [-0.1, -0.05) is 49.4 Å². The van der Waals surface area contributed by atoms with Crippen molar-refractivity contribution in [3.63, 3.8) is 0 Å². The first-order chi connectivity index (χ1) is 14.9. The van der Waals surface area contributed by atoms with Gasteiger partial charge in [0.15, 0.2) is 6.10 Å². The number of piperidine rings is 1. The minimum atomic E-state index is -0.897. The van der Waals surface area contributed by atoms with Gasteiger partial charge >= 0.3 is 5.97 Å². The number of nitrogens with zero attached hydrogens (tertiary/aromatic N) is 2. The van der Waals surface area contributed by atoms with E-state index in [-0.39, 0.29) is 22.9 Å². The lowest BCUT2D eigenvalue weighted by Gasteiger charge is -2.32. The average molecular weight is 423 g/mol. The number of amides is 2. The molecule has 1 saturated heterocycles. The molecule has 3 rings (SSSR count).